The first-order chi connectivity index (χ1) is 13.9. The van der Waals surface area contributed by atoms with Crippen LogP contribution in [0.5, 0.6) is 5.75 Å². The fourth-order valence-corrected chi connectivity index (χ4v) is 5.06. The zero-order valence-electron chi connectivity index (χ0n) is 16.5. The molecule has 0 saturated carbocycles. The van der Waals surface area contributed by atoms with Crippen LogP contribution in [0, 0.1) is 0 Å². The van der Waals surface area contributed by atoms with Gasteiger partial charge in [-0.3, -0.25) is 4.79 Å². The summed E-state index contributed by atoms with van der Waals surface area (Å²) in [5.74, 6) is 0.443. The number of benzene rings is 2. The highest BCUT2D eigenvalue weighted by molar-refractivity contribution is 7.91. The lowest BCUT2D eigenvalue weighted by Gasteiger charge is -2.30. The molecule has 0 aliphatic carbocycles. The molecule has 0 unspecified atom stereocenters. The Hall–Kier alpha value is -2.05. The predicted octanol–water partition coefficient (Wildman–Crippen LogP) is 4.66. The molecular weight excluding hydrogens is 410 g/mol. The van der Waals surface area contributed by atoms with Crippen molar-refractivity contribution in [2.24, 2.45) is 0 Å². The average Bonchev–Trinajstić information content (AvgIpc) is 2.99. The van der Waals surface area contributed by atoms with Crippen LogP contribution in [0.4, 0.5) is 0 Å². The van der Waals surface area contributed by atoms with Gasteiger partial charge >= 0.3 is 0 Å². The Morgan fingerprint density at radius 3 is 2.41 bits per heavy atom. The topological polar surface area (TPSA) is 63.7 Å². The van der Waals surface area contributed by atoms with E-state index in [1.54, 1.807) is 19.2 Å². The normalized spacial score (nSPS) is 17.6. The van der Waals surface area contributed by atoms with Crippen LogP contribution in [0.1, 0.15) is 43.7 Å². The summed E-state index contributed by atoms with van der Waals surface area (Å²) in [5.41, 5.74) is 1.06. The molecule has 0 radical (unpaired) electrons. The number of sulfone groups is 1. The molecule has 3 rings (SSSR count). The van der Waals surface area contributed by atoms with Crippen molar-refractivity contribution in [3.63, 3.8) is 0 Å². The van der Waals surface area contributed by atoms with E-state index in [-0.39, 0.29) is 29.0 Å². The van der Waals surface area contributed by atoms with E-state index < -0.39 is 9.84 Å². The molecule has 0 bridgehead atoms. The van der Waals surface area contributed by atoms with Gasteiger partial charge in [0.2, 0.25) is 5.91 Å². The van der Waals surface area contributed by atoms with Crippen molar-refractivity contribution in [3.8, 4) is 5.75 Å². The quantitative estimate of drug-likeness (QED) is 0.662. The zero-order valence-corrected chi connectivity index (χ0v) is 18.1. The summed E-state index contributed by atoms with van der Waals surface area (Å²) < 4.78 is 30.4. The van der Waals surface area contributed by atoms with E-state index in [0.29, 0.717) is 11.6 Å². The molecule has 2 aromatic rings. The Balaban J connectivity index is 1.73. The van der Waals surface area contributed by atoms with Crippen LogP contribution in [0.3, 0.4) is 0 Å². The highest BCUT2D eigenvalue weighted by Crippen LogP contribution is 2.32. The van der Waals surface area contributed by atoms with Crippen LogP contribution in [-0.4, -0.2) is 38.6 Å². The van der Waals surface area contributed by atoms with Crippen molar-refractivity contribution in [1.82, 2.24) is 4.90 Å². The second kappa shape index (κ2) is 9.63. The molecule has 1 aliphatic rings. The van der Waals surface area contributed by atoms with Crippen LogP contribution in [-0.2, 0) is 14.6 Å². The van der Waals surface area contributed by atoms with Gasteiger partial charge in [0.1, 0.15) is 5.75 Å². The van der Waals surface area contributed by atoms with Gasteiger partial charge in [-0.2, -0.15) is 0 Å². The zero-order chi connectivity index (χ0) is 20.9. The lowest BCUT2D eigenvalue weighted by Crippen LogP contribution is -2.35. The molecule has 1 heterocycles. The van der Waals surface area contributed by atoms with Crippen molar-refractivity contribution in [2.75, 3.05) is 19.4 Å². The number of likely N-dealkylation sites (tertiary alicyclic amines) is 1. The minimum absolute atomic E-state index is 0.0301. The number of rotatable bonds is 6. The Morgan fingerprint density at radius 1 is 1.07 bits per heavy atom. The standard InChI is InChI=1S/C22H26ClNO4S/c1-28-19-10-6-17(7-11-19)21-5-3-2-4-15-24(21)22(25)14-16-29(26,27)20-12-8-18(23)9-13-20/h6-13,21H,2-5,14-16H2,1H3/t21-/m0/s1. The second-order valence-electron chi connectivity index (χ2n) is 7.25. The van der Waals surface area contributed by atoms with Crippen LogP contribution >= 0.6 is 11.6 Å². The number of carbonyl (C=O) groups excluding carboxylic acids is 1. The first-order valence-electron chi connectivity index (χ1n) is 9.82. The number of nitrogens with zero attached hydrogens (tertiary/aromatic N) is 1. The van der Waals surface area contributed by atoms with Gasteiger partial charge in [-0.05, 0) is 54.8 Å². The SMILES string of the molecule is COc1ccc([C@@H]2CCCCCN2C(=O)CCS(=O)(=O)c2ccc(Cl)cc2)cc1. The molecule has 156 valence electrons. The minimum atomic E-state index is -3.53. The maximum Gasteiger partial charge on any atom is 0.224 e. The number of halogens is 1. The predicted molar refractivity (Wildman–Crippen MR) is 114 cm³/mol. The monoisotopic (exact) mass is 435 g/mol. The van der Waals surface area contributed by atoms with E-state index in [9.17, 15) is 13.2 Å². The highest BCUT2D eigenvalue weighted by Gasteiger charge is 2.28. The van der Waals surface area contributed by atoms with E-state index in [0.717, 1.165) is 37.0 Å². The molecule has 1 aliphatic heterocycles. The Bertz CT molecular complexity index is 926. The number of amides is 1. The number of ether oxygens (including phenoxy) is 1. The maximum absolute atomic E-state index is 13.0. The molecule has 7 heteroatoms. The van der Waals surface area contributed by atoms with Crippen molar-refractivity contribution in [1.29, 1.82) is 0 Å². The first-order valence-corrected chi connectivity index (χ1v) is 11.9. The Labute approximate surface area is 177 Å². The van der Waals surface area contributed by atoms with E-state index in [1.807, 2.05) is 29.2 Å². The largest absolute Gasteiger partial charge is 0.497 e. The van der Waals surface area contributed by atoms with Gasteiger partial charge in [-0.15, -0.1) is 0 Å². The molecule has 1 atom stereocenters. The third kappa shape index (κ3) is 5.52. The van der Waals surface area contributed by atoms with Gasteiger partial charge in [0, 0.05) is 18.0 Å². The lowest BCUT2D eigenvalue weighted by atomic mass is 10.0. The number of methoxy groups -OCH3 is 1. The number of carbonyl (C=O) groups is 1. The van der Waals surface area contributed by atoms with Gasteiger partial charge in [0.05, 0.1) is 23.8 Å². The van der Waals surface area contributed by atoms with E-state index in [1.165, 1.54) is 12.1 Å². The fraction of sp³-hybridized carbons (Fsp3) is 0.409. The highest BCUT2D eigenvalue weighted by atomic mass is 35.5. The average molecular weight is 436 g/mol. The Kier molecular flexibility index (Phi) is 7.19. The molecule has 0 N–H and O–H groups in total. The van der Waals surface area contributed by atoms with Gasteiger partial charge in [0.15, 0.2) is 9.84 Å². The van der Waals surface area contributed by atoms with E-state index in [2.05, 4.69) is 0 Å². The molecular formula is C22H26ClNO4S. The van der Waals surface area contributed by atoms with Gasteiger partial charge in [-0.1, -0.05) is 36.6 Å². The summed E-state index contributed by atoms with van der Waals surface area (Å²) in [6.07, 6.45) is 3.89. The molecule has 2 aromatic carbocycles. The van der Waals surface area contributed by atoms with Crippen molar-refractivity contribution >= 4 is 27.3 Å². The molecule has 29 heavy (non-hydrogen) atoms. The summed E-state index contributed by atoms with van der Waals surface area (Å²) in [7, 11) is -1.91. The van der Waals surface area contributed by atoms with Crippen molar-refractivity contribution in [2.45, 2.75) is 43.0 Å². The first kappa shape index (κ1) is 21.7. The Morgan fingerprint density at radius 2 is 1.76 bits per heavy atom. The van der Waals surface area contributed by atoms with E-state index in [4.69, 9.17) is 16.3 Å². The van der Waals surface area contributed by atoms with E-state index >= 15 is 0 Å². The summed E-state index contributed by atoms with van der Waals surface area (Å²) in [6, 6.07) is 13.8. The maximum atomic E-state index is 13.0. The van der Waals surface area contributed by atoms with Gasteiger partial charge < -0.3 is 9.64 Å². The molecule has 0 spiro atoms. The van der Waals surface area contributed by atoms with Gasteiger partial charge in [0.25, 0.3) is 0 Å². The number of hydrogen-bond acceptors (Lipinski definition) is 4. The smallest absolute Gasteiger partial charge is 0.224 e. The van der Waals surface area contributed by atoms with Crippen molar-refractivity contribution in [3.05, 3.63) is 59.1 Å². The van der Waals surface area contributed by atoms with Crippen LogP contribution < -0.4 is 4.74 Å². The van der Waals surface area contributed by atoms with Crippen LogP contribution in [0.2, 0.25) is 5.02 Å². The summed E-state index contributed by atoms with van der Waals surface area (Å²) >= 11 is 5.84. The molecule has 0 aromatic heterocycles. The fourth-order valence-electron chi connectivity index (χ4n) is 3.70. The summed E-state index contributed by atoms with van der Waals surface area (Å²) in [4.78, 5) is 15.1. The molecule has 1 amide bonds. The lowest BCUT2D eigenvalue weighted by molar-refractivity contribution is -0.133. The van der Waals surface area contributed by atoms with Gasteiger partial charge in [-0.25, -0.2) is 8.42 Å². The molecule has 1 saturated heterocycles. The molecule has 1 fully saturated rings. The van der Waals surface area contributed by atoms with Crippen LogP contribution in [0.25, 0.3) is 0 Å². The van der Waals surface area contributed by atoms with Crippen molar-refractivity contribution < 1.29 is 17.9 Å². The molecule has 5 nitrogen and oxygen atoms in total. The van der Waals surface area contributed by atoms with Crippen LogP contribution in [0.15, 0.2) is 53.4 Å². The summed E-state index contributed by atoms with van der Waals surface area (Å²) in [5, 5.41) is 0.479. The third-order valence-corrected chi connectivity index (χ3v) is 7.32. The number of hydrogen-bond donors (Lipinski definition) is 0. The minimum Gasteiger partial charge on any atom is -0.497 e. The second-order valence-corrected chi connectivity index (χ2v) is 9.79. The summed E-state index contributed by atoms with van der Waals surface area (Å²) in [6.45, 7) is 0.649. The third-order valence-electron chi connectivity index (χ3n) is 5.33.